The number of methoxy groups -OCH3 is 2. The van der Waals surface area contributed by atoms with E-state index in [-0.39, 0.29) is 5.91 Å². The summed E-state index contributed by atoms with van der Waals surface area (Å²) in [6, 6.07) is 14.8. The normalized spacial score (nSPS) is 10.9. The summed E-state index contributed by atoms with van der Waals surface area (Å²) in [5.74, 6) is 2.51. The molecule has 1 heterocycles. The van der Waals surface area contributed by atoms with Gasteiger partial charge >= 0.3 is 0 Å². The Morgan fingerprint density at radius 1 is 1.07 bits per heavy atom. The molecular weight excluding hydrogens is 346 g/mol. The van der Waals surface area contributed by atoms with Crippen LogP contribution in [-0.2, 0) is 4.79 Å². The van der Waals surface area contributed by atoms with Crippen LogP contribution in [0.5, 0.6) is 17.2 Å². The second kappa shape index (κ2) is 8.80. The van der Waals surface area contributed by atoms with E-state index in [2.05, 4.69) is 5.32 Å². The van der Waals surface area contributed by atoms with Gasteiger partial charge in [-0.2, -0.15) is 0 Å². The summed E-state index contributed by atoms with van der Waals surface area (Å²) in [6.07, 6.45) is 3.05. The Bertz CT molecular complexity index is 927. The van der Waals surface area contributed by atoms with Gasteiger partial charge in [0.1, 0.15) is 23.9 Å². The van der Waals surface area contributed by atoms with E-state index in [1.54, 1.807) is 20.3 Å². The van der Waals surface area contributed by atoms with Crippen molar-refractivity contribution in [3.8, 4) is 17.2 Å². The number of carbonyl (C=O) groups is 1. The number of fused-ring (bicyclic) bond motifs is 1. The lowest BCUT2D eigenvalue weighted by Gasteiger charge is -2.07. The molecule has 0 aliphatic heterocycles. The van der Waals surface area contributed by atoms with E-state index in [1.165, 1.54) is 6.08 Å². The van der Waals surface area contributed by atoms with Gasteiger partial charge in [-0.1, -0.05) is 12.1 Å². The number of hydrogen-bond donors (Lipinski definition) is 1. The van der Waals surface area contributed by atoms with E-state index in [4.69, 9.17) is 18.6 Å². The van der Waals surface area contributed by atoms with Crippen LogP contribution in [0.1, 0.15) is 5.76 Å². The predicted octanol–water partition coefficient (Wildman–Crippen LogP) is 3.66. The van der Waals surface area contributed by atoms with Gasteiger partial charge in [-0.25, -0.2) is 0 Å². The zero-order valence-electron chi connectivity index (χ0n) is 15.2. The molecule has 0 saturated heterocycles. The zero-order valence-corrected chi connectivity index (χ0v) is 15.2. The van der Waals surface area contributed by atoms with Gasteiger partial charge in [0.2, 0.25) is 5.91 Å². The van der Waals surface area contributed by atoms with E-state index in [1.807, 2.05) is 48.5 Å². The first kappa shape index (κ1) is 18.4. The molecule has 1 N–H and O–H groups in total. The molecule has 0 saturated carbocycles. The maximum Gasteiger partial charge on any atom is 0.244 e. The number of amides is 1. The Kier molecular flexibility index (Phi) is 5.99. The third-order valence-electron chi connectivity index (χ3n) is 3.88. The molecule has 1 amide bonds. The van der Waals surface area contributed by atoms with Crippen molar-refractivity contribution < 1.29 is 23.4 Å². The monoisotopic (exact) mass is 367 g/mol. The van der Waals surface area contributed by atoms with E-state index >= 15 is 0 Å². The van der Waals surface area contributed by atoms with Crippen molar-refractivity contribution in [2.75, 3.05) is 27.4 Å². The molecule has 1 aromatic heterocycles. The molecule has 3 aromatic rings. The Hall–Kier alpha value is -3.41. The highest BCUT2D eigenvalue weighted by atomic mass is 16.5. The Morgan fingerprint density at radius 2 is 1.85 bits per heavy atom. The van der Waals surface area contributed by atoms with Crippen LogP contribution in [0.2, 0.25) is 0 Å². The highest BCUT2D eigenvalue weighted by molar-refractivity contribution is 5.92. The second-order valence-electron chi connectivity index (χ2n) is 5.68. The number of para-hydroxylation sites is 1. The van der Waals surface area contributed by atoms with Gasteiger partial charge in [0.25, 0.3) is 0 Å². The van der Waals surface area contributed by atoms with Gasteiger partial charge in [-0.05, 0) is 42.5 Å². The van der Waals surface area contributed by atoms with E-state index < -0.39 is 0 Å². The lowest BCUT2D eigenvalue weighted by Crippen LogP contribution is -2.26. The smallest absolute Gasteiger partial charge is 0.244 e. The lowest BCUT2D eigenvalue weighted by molar-refractivity contribution is -0.116. The minimum atomic E-state index is -0.222. The topological polar surface area (TPSA) is 69.9 Å². The van der Waals surface area contributed by atoms with Crippen molar-refractivity contribution in [3.05, 3.63) is 60.4 Å². The van der Waals surface area contributed by atoms with Crippen LogP contribution in [0.3, 0.4) is 0 Å². The summed E-state index contributed by atoms with van der Waals surface area (Å²) >= 11 is 0. The van der Waals surface area contributed by atoms with Gasteiger partial charge in [0.05, 0.1) is 20.8 Å². The first-order chi connectivity index (χ1) is 13.2. The molecule has 27 heavy (non-hydrogen) atoms. The van der Waals surface area contributed by atoms with Crippen molar-refractivity contribution in [3.63, 3.8) is 0 Å². The molecule has 0 spiro atoms. The number of rotatable bonds is 8. The van der Waals surface area contributed by atoms with Crippen LogP contribution < -0.4 is 19.5 Å². The summed E-state index contributed by atoms with van der Waals surface area (Å²) in [4.78, 5) is 11.9. The molecule has 0 bridgehead atoms. The molecule has 0 aliphatic rings. The highest BCUT2D eigenvalue weighted by Gasteiger charge is 2.07. The van der Waals surface area contributed by atoms with Crippen molar-refractivity contribution in [2.45, 2.75) is 0 Å². The summed E-state index contributed by atoms with van der Waals surface area (Å²) in [5.41, 5.74) is 0.660. The van der Waals surface area contributed by atoms with E-state index in [9.17, 15) is 4.79 Å². The molecular formula is C21H21NO5. The Morgan fingerprint density at radius 3 is 2.59 bits per heavy atom. The second-order valence-corrected chi connectivity index (χ2v) is 5.68. The number of ether oxygens (including phenoxy) is 3. The third-order valence-corrected chi connectivity index (χ3v) is 3.88. The molecule has 3 rings (SSSR count). The third kappa shape index (κ3) is 4.82. The summed E-state index contributed by atoms with van der Waals surface area (Å²) in [6.45, 7) is 0.761. The van der Waals surface area contributed by atoms with E-state index in [0.717, 1.165) is 16.9 Å². The number of benzene rings is 2. The first-order valence-electron chi connectivity index (χ1n) is 8.49. The molecule has 2 aromatic carbocycles. The standard InChI is InChI=1S/C21H21NO5/c1-24-16-6-8-17(9-7-16)26-13-12-22-20(23)11-10-18-14-15-4-3-5-19(25-2)21(15)27-18/h3-11,14H,12-13H2,1-2H3,(H,22,23)/b11-10+. The van der Waals surface area contributed by atoms with Gasteiger partial charge < -0.3 is 23.9 Å². The highest BCUT2D eigenvalue weighted by Crippen LogP contribution is 2.28. The lowest BCUT2D eigenvalue weighted by atomic mass is 10.2. The maximum absolute atomic E-state index is 11.9. The number of furan rings is 1. The number of hydrogen-bond acceptors (Lipinski definition) is 5. The fraction of sp³-hybridized carbons (Fsp3) is 0.190. The van der Waals surface area contributed by atoms with Crippen LogP contribution in [0.4, 0.5) is 0 Å². The van der Waals surface area contributed by atoms with Crippen molar-refractivity contribution in [1.82, 2.24) is 5.32 Å². The van der Waals surface area contributed by atoms with Crippen LogP contribution in [0, 0.1) is 0 Å². The van der Waals surface area contributed by atoms with Crippen LogP contribution in [-0.4, -0.2) is 33.3 Å². The summed E-state index contributed by atoms with van der Waals surface area (Å²) in [5, 5.41) is 3.68. The van der Waals surface area contributed by atoms with Crippen LogP contribution >= 0.6 is 0 Å². The number of nitrogens with one attached hydrogen (secondary N) is 1. The molecule has 0 unspecified atom stereocenters. The average molecular weight is 367 g/mol. The molecule has 0 atom stereocenters. The molecule has 0 radical (unpaired) electrons. The fourth-order valence-corrected chi connectivity index (χ4v) is 2.53. The van der Waals surface area contributed by atoms with Gasteiger partial charge in [0, 0.05) is 11.5 Å². The average Bonchev–Trinajstić information content (AvgIpc) is 3.13. The molecule has 6 heteroatoms. The Labute approximate surface area is 157 Å². The SMILES string of the molecule is COc1ccc(OCCNC(=O)/C=C/c2cc3cccc(OC)c3o2)cc1. The minimum absolute atomic E-state index is 0.222. The van der Waals surface area contributed by atoms with Crippen LogP contribution in [0.25, 0.3) is 17.0 Å². The predicted molar refractivity (Wildman–Crippen MR) is 103 cm³/mol. The largest absolute Gasteiger partial charge is 0.497 e. The van der Waals surface area contributed by atoms with Crippen molar-refractivity contribution in [1.29, 1.82) is 0 Å². The van der Waals surface area contributed by atoms with Crippen molar-refractivity contribution in [2.24, 2.45) is 0 Å². The molecule has 140 valence electrons. The molecule has 0 fully saturated rings. The number of carbonyl (C=O) groups excluding carboxylic acids is 1. The van der Waals surface area contributed by atoms with Gasteiger partial charge in [-0.15, -0.1) is 0 Å². The van der Waals surface area contributed by atoms with Gasteiger partial charge in [-0.3, -0.25) is 4.79 Å². The van der Waals surface area contributed by atoms with Crippen molar-refractivity contribution >= 4 is 23.0 Å². The summed E-state index contributed by atoms with van der Waals surface area (Å²) < 4.78 is 21.6. The van der Waals surface area contributed by atoms with E-state index in [0.29, 0.717) is 30.2 Å². The quantitative estimate of drug-likeness (QED) is 0.486. The maximum atomic E-state index is 11.9. The zero-order chi connectivity index (χ0) is 19.1. The first-order valence-corrected chi connectivity index (χ1v) is 8.49. The van der Waals surface area contributed by atoms with Crippen LogP contribution in [0.15, 0.2) is 59.0 Å². The Balaban J connectivity index is 1.47. The molecule has 0 aliphatic carbocycles. The minimum Gasteiger partial charge on any atom is -0.497 e. The fourth-order valence-electron chi connectivity index (χ4n) is 2.53. The van der Waals surface area contributed by atoms with Gasteiger partial charge in [0.15, 0.2) is 11.3 Å². The summed E-state index contributed by atoms with van der Waals surface area (Å²) in [7, 11) is 3.20. The molecule has 6 nitrogen and oxygen atoms in total.